The molecular weight excluding hydrogens is 292 g/mol. The van der Waals surface area contributed by atoms with Crippen LogP contribution >= 0.6 is 0 Å². The maximum absolute atomic E-state index is 4.46. The largest absolute Gasteiger partial charge is 0.367 e. The van der Waals surface area contributed by atoms with Gasteiger partial charge in [0, 0.05) is 30.1 Å². The third-order valence-electron chi connectivity index (χ3n) is 3.50. The maximum atomic E-state index is 4.46. The minimum absolute atomic E-state index is 0.512. The summed E-state index contributed by atoms with van der Waals surface area (Å²) in [5.74, 6) is 3.00. The molecule has 0 aliphatic heterocycles. The van der Waals surface area contributed by atoms with Crippen LogP contribution in [0.4, 0.5) is 11.6 Å². The number of nitrogens with zero attached hydrogens (tertiary/aromatic N) is 5. The van der Waals surface area contributed by atoms with Crippen molar-refractivity contribution in [2.75, 3.05) is 10.6 Å². The van der Waals surface area contributed by atoms with Crippen LogP contribution in [0, 0.1) is 0 Å². The molecule has 1 aliphatic carbocycles. The van der Waals surface area contributed by atoms with Gasteiger partial charge in [0.05, 0.1) is 6.54 Å². The zero-order valence-electron chi connectivity index (χ0n) is 12.4. The van der Waals surface area contributed by atoms with Crippen LogP contribution in [-0.2, 0) is 6.54 Å². The Morgan fingerprint density at radius 3 is 2.78 bits per heavy atom. The molecule has 8 heteroatoms. The highest BCUT2D eigenvalue weighted by atomic mass is 15.2. The average molecular weight is 308 g/mol. The second kappa shape index (κ2) is 5.99. The predicted octanol–water partition coefficient (Wildman–Crippen LogP) is 1.84. The molecule has 4 rings (SSSR count). The summed E-state index contributed by atoms with van der Waals surface area (Å²) in [6.45, 7) is 0.512. The highest BCUT2D eigenvalue weighted by Crippen LogP contribution is 2.24. The first-order valence-electron chi connectivity index (χ1n) is 7.51. The molecule has 3 aromatic heterocycles. The van der Waals surface area contributed by atoms with Crippen LogP contribution in [0.3, 0.4) is 0 Å². The van der Waals surface area contributed by atoms with Gasteiger partial charge in [-0.05, 0) is 25.0 Å². The topological polar surface area (TPSA) is 104 Å². The normalized spacial score (nSPS) is 13.7. The van der Waals surface area contributed by atoms with E-state index in [1.54, 1.807) is 18.7 Å². The molecule has 1 fully saturated rings. The standard InChI is InChI=1S/C15H16N8/c1-2-11(1)20-13-7-12(18-9-19-13)17-8-14-21-15(23-22-14)10-3-5-16-6-4-10/h3-7,9,11H,1-2,8H2,(H,21,22,23)(H2,17,18,19,20). The van der Waals surface area contributed by atoms with E-state index >= 15 is 0 Å². The summed E-state index contributed by atoms with van der Waals surface area (Å²) in [6.07, 6.45) is 7.42. The van der Waals surface area contributed by atoms with Gasteiger partial charge in [0.1, 0.15) is 23.8 Å². The van der Waals surface area contributed by atoms with Gasteiger partial charge in [-0.15, -0.1) is 0 Å². The van der Waals surface area contributed by atoms with Crippen molar-refractivity contribution in [2.45, 2.75) is 25.4 Å². The fourth-order valence-electron chi connectivity index (χ4n) is 2.15. The molecule has 0 bridgehead atoms. The van der Waals surface area contributed by atoms with Gasteiger partial charge in [0.25, 0.3) is 0 Å². The van der Waals surface area contributed by atoms with Crippen LogP contribution < -0.4 is 10.6 Å². The van der Waals surface area contributed by atoms with Gasteiger partial charge in [-0.1, -0.05) is 0 Å². The first kappa shape index (κ1) is 13.6. The molecule has 23 heavy (non-hydrogen) atoms. The second-order valence-electron chi connectivity index (χ2n) is 5.40. The second-order valence-corrected chi connectivity index (χ2v) is 5.40. The van der Waals surface area contributed by atoms with Crippen molar-refractivity contribution in [1.82, 2.24) is 30.1 Å². The van der Waals surface area contributed by atoms with Crippen molar-refractivity contribution >= 4 is 11.6 Å². The maximum Gasteiger partial charge on any atom is 0.181 e. The third-order valence-corrected chi connectivity index (χ3v) is 3.50. The van der Waals surface area contributed by atoms with Crippen LogP contribution in [0.2, 0.25) is 0 Å². The van der Waals surface area contributed by atoms with Crippen molar-refractivity contribution < 1.29 is 0 Å². The summed E-state index contributed by atoms with van der Waals surface area (Å²) in [6, 6.07) is 6.22. The van der Waals surface area contributed by atoms with E-state index in [0.717, 1.165) is 23.0 Å². The highest BCUT2D eigenvalue weighted by Gasteiger charge is 2.21. The summed E-state index contributed by atoms with van der Waals surface area (Å²) in [5, 5.41) is 13.7. The van der Waals surface area contributed by atoms with Crippen molar-refractivity contribution in [3.05, 3.63) is 42.7 Å². The number of rotatable bonds is 6. The molecule has 1 saturated carbocycles. The van der Waals surface area contributed by atoms with Gasteiger partial charge < -0.3 is 10.6 Å². The Hall–Kier alpha value is -3.03. The number of aromatic amines is 1. The Bertz CT molecular complexity index is 781. The van der Waals surface area contributed by atoms with Crippen LogP contribution in [0.15, 0.2) is 36.9 Å². The Labute approximate surface area is 132 Å². The van der Waals surface area contributed by atoms with E-state index in [-0.39, 0.29) is 0 Å². The monoisotopic (exact) mass is 308 g/mol. The van der Waals surface area contributed by atoms with Gasteiger partial charge in [-0.25, -0.2) is 15.0 Å². The van der Waals surface area contributed by atoms with Crippen molar-refractivity contribution in [3.63, 3.8) is 0 Å². The van der Waals surface area contributed by atoms with Gasteiger partial charge in [0.15, 0.2) is 5.82 Å². The zero-order chi connectivity index (χ0) is 15.5. The smallest absolute Gasteiger partial charge is 0.181 e. The highest BCUT2D eigenvalue weighted by molar-refractivity contribution is 5.53. The Balaban J connectivity index is 1.40. The lowest BCUT2D eigenvalue weighted by molar-refractivity contribution is 0.944. The number of hydrogen-bond donors (Lipinski definition) is 3. The average Bonchev–Trinajstić information content (AvgIpc) is 3.28. The van der Waals surface area contributed by atoms with E-state index in [1.807, 2.05) is 18.2 Å². The molecule has 0 amide bonds. The first-order valence-corrected chi connectivity index (χ1v) is 7.51. The van der Waals surface area contributed by atoms with Crippen LogP contribution in [-0.4, -0.2) is 36.2 Å². The van der Waals surface area contributed by atoms with E-state index in [0.29, 0.717) is 18.4 Å². The number of aromatic nitrogens is 6. The Morgan fingerprint density at radius 2 is 1.96 bits per heavy atom. The number of H-pyrrole nitrogens is 1. The minimum Gasteiger partial charge on any atom is -0.367 e. The quantitative estimate of drug-likeness (QED) is 0.638. The summed E-state index contributed by atoms with van der Waals surface area (Å²) < 4.78 is 0. The van der Waals surface area contributed by atoms with Gasteiger partial charge in [0.2, 0.25) is 0 Å². The number of hydrogen-bond acceptors (Lipinski definition) is 7. The van der Waals surface area contributed by atoms with Crippen molar-refractivity contribution in [1.29, 1.82) is 0 Å². The molecule has 0 radical (unpaired) electrons. The Kier molecular flexibility index (Phi) is 3.55. The van der Waals surface area contributed by atoms with Crippen molar-refractivity contribution in [3.8, 4) is 11.4 Å². The molecule has 1 aliphatic rings. The van der Waals surface area contributed by atoms with Gasteiger partial charge in [-0.2, -0.15) is 5.10 Å². The van der Waals surface area contributed by atoms with Gasteiger partial charge >= 0.3 is 0 Å². The molecular formula is C15H16N8. The summed E-state index contributed by atoms with van der Waals surface area (Å²) in [4.78, 5) is 16.9. The van der Waals surface area contributed by atoms with E-state index in [4.69, 9.17) is 0 Å². The molecule has 0 spiro atoms. The van der Waals surface area contributed by atoms with E-state index in [1.165, 1.54) is 12.8 Å². The molecule has 0 unspecified atom stereocenters. The summed E-state index contributed by atoms with van der Waals surface area (Å²) in [7, 11) is 0. The SMILES string of the molecule is c1cc(-c2n[nH]c(CNc3cc(NC4CC4)ncn3)n2)ccn1. The number of pyridine rings is 1. The van der Waals surface area contributed by atoms with Crippen LogP contribution in [0.1, 0.15) is 18.7 Å². The van der Waals surface area contributed by atoms with Crippen LogP contribution in [0.25, 0.3) is 11.4 Å². The van der Waals surface area contributed by atoms with Crippen molar-refractivity contribution in [2.24, 2.45) is 0 Å². The zero-order valence-corrected chi connectivity index (χ0v) is 12.4. The lowest BCUT2D eigenvalue weighted by Crippen LogP contribution is -2.07. The molecule has 0 saturated heterocycles. The first-order chi connectivity index (χ1) is 11.4. The van der Waals surface area contributed by atoms with Gasteiger partial charge in [-0.3, -0.25) is 10.1 Å². The molecule has 0 aromatic carbocycles. The molecule has 116 valence electrons. The Morgan fingerprint density at radius 1 is 1.13 bits per heavy atom. The summed E-state index contributed by atoms with van der Waals surface area (Å²) in [5.41, 5.74) is 0.931. The lowest BCUT2D eigenvalue weighted by Gasteiger charge is -2.06. The van der Waals surface area contributed by atoms with Crippen LogP contribution in [0.5, 0.6) is 0 Å². The van der Waals surface area contributed by atoms with E-state index in [2.05, 4.69) is 40.8 Å². The predicted molar refractivity (Wildman–Crippen MR) is 85.6 cm³/mol. The fraction of sp³-hybridized carbons (Fsp3) is 0.267. The molecule has 0 atom stereocenters. The number of anilines is 2. The van der Waals surface area contributed by atoms with E-state index in [9.17, 15) is 0 Å². The summed E-state index contributed by atoms with van der Waals surface area (Å²) >= 11 is 0. The number of nitrogens with one attached hydrogen (secondary N) is 3. The molecule has 3 heterocycles. The fourth-order valence-corrected chi connectivity index (χ4v) is 2.15. The minimum atomic E-state index is 0.512. The third kappa shape index (κ3) is 3.42. The molecule has 3 N–H and O–H groups in total. The van der Waals surface area contributed by atoms with E-state index < -0.39 is 0 Å². The molecule has 8 nitrogen and oxygen atoms in total. The molecule has 3 aromatic rings. The lowest BCUT2D eigenvalue weighted by atomic mass is 10.2.